The maximum Gasteiger partial charge on any atom is 0.326 e. The molecule has 2 atom stereocenters. The molecule has 0 unspecified atom stereocenters. The Morgan fingerprint density at radius 3 is 2.35 bits per heavy atom. The van der Waals surface area contributed by atoms with Gasteiger partial charge >= 0.3 is 5.97 Å². The van der Waals surface area contributed by atoms with Crippen LogP contribution in [0.15, 0.2) is 18.3 Å². The summed E-state index contributed by atoms with van der Waals surface area (Å²) in [4.78, 5) is 38.7. The highest BCUT2D eigenvalue weighted by molar-refractivity contribution is 6.29. The fraction of sp³-hybridized carbons (Fsp3) is 0.467. The van der Waals surface area contributed by atoms with Crippen molar-refractivity contribution in [1.29, 1.82) is 0 Å². The van der Waals surface area contributed by atoms with Gasteiger partial charge in [0, 0.05) is 19.5 Å². The van der Waals surface area contributed by atoms with Crippen LogP contribution in [-0.2, 0) is 20.8 Å². The topological polar surface area (TPSA) is 108 Å². The highest BCUT2D eigenvalue weighted by Gasteiger charge is 2.28. The number of hydrogen-bond acceptors (Lipinski definition) is 4. The summed E-state index contributed by atoms with van der Waals surface area (Å²) >= 11 is 5.68. The Morgan fingerprint density at radius 2 is 1.91 bits per heavy atom. The Hall–Kier alpha value is -2.15. The first-order valence-corrected chi connectivity index (χ1v) is 7.49. The van der Waals surface area contributed by atoms with Crippen molar-refractivity contribution in [3.63, 3.8) is 0 Å². The van der Waals surface area contributed by atoms with Gasteiger partial charge in [0.2, 0.25) is 11.8 Å². The quantitative estimate of drug-likeness (QED) is 0.641. The summed E-state index contributed by atoms with van der Waals surface area (Å²) in [7, 11) is 0. The molecule has 1 heterocycles. The first-order valence-electron chi connectivity index (χ1n) is 7.11. The predicted molar refractivity (Wildman–Crippen MR) is 85.0 cm³/mol. The number of carbonyl (C=O) groups excluding carboxylic acids is 2. The normalized spacial score (nSPS) is 13.3. The second kappa shape index (κ2) is 8.47. The van der Waals surface area contributed by atoms with Gasteiger partial charge in [-0.2, -0.15) is 0 Å². The summed E-state index contributed by atoms with van der Waals surface area (Å²) in [6.07, 6.45) is 1.52. The van der Waals surface area contributed by atoms with Crippen LogP contribution in [0, 0.1) is 5.92 Å². The zero-order valence-corrected chi connectivity index (χ0v) is 13.9. The number of aromatic nitrogens is 1. The van der Waals surface area contributed by atoms with Crippen molar-refractivity contribution < 1.29 is 19.5 Å². The average Bonchev–Trinajstić information content (AvgIpc) is 2.45. The number of nitrogens with zero attached hydrogens (tertiary/aromatic N) is 1. The summed E-state index contributed by atoms with van der Waals surface area (Å²) in [5.41, 5.74) is 0.628. The van der Waals surface area contributed by atoms with Crippen LogP contribution in [0.2, 0.25) is 5.15 Å². The van der Waals surface area contributed by atoms with Crippen molar-refractivity contribution in [2.75, 3.05) is 0 Å². The third-order valence-corrected chi connectivity index (χ3v) is 3.37. The molecule has 2 amide bonds. The molecule has 0 aliphatic carbocycles. The van der Waals surface area contributed by atoms with E-state index in [9.17, 15) is 19.5 Å². The van der Waals surface area contributed by atoms with Crippen molar-refractivity contribution in [1.82, 2.24) is 15.6 Å². The molecule has 1 rings (SSSR count). The van der Waals surface area contributed by atoms with E-state index in [2.05, 4.69) is 15.6 Å². The van der Waals surface area contributed by atoms with Crippen LogP contribution in [0.3, 0.4) is 0 Å². The van der Waals surface area contributed by atoms with Gasteiger partial charge in [0.05, 0.1) is 0 Å². The van der Waals surface area contributed by atoms with Crippen LogP contribution in [0.1, 0.15) is 26.3 Å². The molecule has 0 spiro atoms. The number of rotatable bonds is 7. The molecule has 1 aromatic rings. The summed E-state index contributed by atoms with van der Waals surface area (Å²) in [6.45, 7) is 4.83. The number of amides is 2. The Labute approximate surface area is 139 Å². The van der Waals surface area contributed by atoms with Gasteiger partial charge in [-0.3, -0.25) is 9.59 Å². The van der Waals surface area contributed by atoms with E-state index in [0.717, 1.165) is 0 Å². The van der Waals surface area contributed by atoms with Gasteiger partial charge < -0.3 is 15.7 Å². The number of nitrogens with one attached hydrogen (secondary N) is 2. The number of aliphatic carboxylic acids is 1. The molecule has 0 fully saturated rings. The van der Waals surface area contributed by atoms with Crippen molar-refractivity contribution in [3.05, 3.63) is 29.0 Å². The summed E-state index contributed by atoms with van der Waals surface area (Å²) in [6, 6.07) is 1.27. The highest BCUT2D eigenvalue weighted by Crippen LogP contribution is 2.09. The van der Waals surface area contributed by atoms with E-state index in [4.69, 9.17) is 11.6 Å². The standard InChI is InChI=1S/C15H20ClN3O4/c1-8(2)13(18-9(3)20)14(21)19-11(15(22)23)6-10-4-5-12(16)17-7-10/h4-5,7-8,11,13H,6H2,1-3H3,(H,18,20)(H,19,21)(H,22,23)/t11-,13+/m0/s1. The monoisotopic (exact) mass is 341 g/mol. The SMILES string of the molecule is CC(=O)N[C@@H](C(=O)N[C@@H](Cc1ccc(Cl)nc1)C(=O)O)C(C)C. The molecule has 0 aliphatic rings. The molecule has 0 radical (unpaired) electrons. The van der Waals surface area contributed by atoms with Crippen LogP contribution < -0.4 is 10.6 Å². The first kappa shape index (κ1) is 18.9. The van der Waals surface area contributed by atoms with E-state index in [1.165, 1.54) is 13.1 Å². The average molecular weight is 342 g/mol. The van der Waals surface area contributed by atoms with Crippen molar-refractivity contribution in [2.45, 2.75) is 39.3 Å². The smallest absolute Gasteiger partial charge is 0.326 e. The van der Waals surface area contributed by atoms with E-state index < -0.39 is 24.0 Å². The number of carbonyl (C=O) groups is 3. The lowest BCUT2D eigenvalue weighted by molar-refractivity contribution is -0.142. The second-order valence-electron chi connectivity index (χ2n) is 5.51. The summed E-state index contributed by atoms with van der Waals surface area (Å²) < 4.78 is 0. The molecule has 0 aliphatic heterocycles. The highest BCUT2D eigenvalue weighted by atomic mass is 35.5. The number of pyridine rings is 1. The summed E-state index contributed by atoms with van der Waals surface area (Å²) in [5, 5.41) is 14.6. The van der Waals surface area contributed by atoms with Crippen LogP contribution in [0.4, 0.5) is 0 Å². The van der Waals surface area contributed by atoms with Crippen LogP contribution >= 0.6 is 11.6 Å². The van der Waals surface area contributed by atoms with E-state index in [0.29, 0.717) is 10.7 Å². The third kappa shape index (κ3) is 6.23. The lowest BCUT2D eigenvalue weighted by Gasteiger charge is -2.23. The molecule has 0 saturated carbocycles. The minimum atomic E-state index is -1.17. The Kier molecular flexibility index (Phi) is 6.96. The van der Waals surface area contributed by atoms with Crippen molar-refractivity contribution >= 4 is 29.4 Å². The van der Waals surface area contributed by atoms with Gasteiger partial charge in [-0.05, 0) is 17.5 Å². The molecule has 0 aromatic carbocycles. The summed E-state index contributed by atoms with van der Waals surface area (Å²) in [5.74, 6) is -2.23. The number of hydrogen-bond donors (Lipinski definition) is 3. The second-order valence-corrected chi connectivity index (χ2v) is 5.90. The molecular weight excluding hydrogens is 322 g/mol. The lowest BCUT2D eigenvalue weighted by Crippen LogP contribution is -2.53. The minimum absolute atomic E-state index is 0.0656. The fourth-order valence-electron chi connectivity index (χ4n) is 1.98. The van der Waals surface area contributed by atoms with Gasteiger partial charge in [-0.25, -0.2) is 9.78 Å². The molecule has 126 valence electrons. The third-order valence-electron chi connectivity index (χ3n) is 3.15. The first-order chi connectivity index (χ1) is 10.7. The Bertz CT molecular complexity index is 575. The molecule has 0 bridgehead atoms. The van der Waals surface area contributed by atoms with Gasteiger partial charge in [0.15, 0.2) is 0 Å². The fourth-order valence-corrected chi connectivity index (χ4v) is 2.09. The van der Waals surface area contributed by atoms with Crippen molar-refractivity contribution in [2.24, 2.45) is 5.92 Å². The Morgan fingerprint density at radius 1 is 1.26 bits per heavy atom. The molecule has 0 saturated heterocycles. The molecule has 23 heavy (non-hydrogen) atoms. The molecule has 8 heteroatoms. The zero-order chi connectivity index (χ0) is 17.6. The van der Waals surface area contributed by atoms with E-state index >= 15 is 0 Å². The van der Waals surface area contributed by atoms with Crippen LogP contribution in [-0.4, -0.2) is 40.0 Å². The Balaban J connectivity index is 2.81. The van der Waals surface area contributed by atoms with E-state index in [1.807, 2.05) is 0 Å². The minimum Gasteiger partial charge on any atom is -0.480 e. The largest absolute Gasteiger partial charge is 0.480 e. The van der Waals surface area contributed by atoms with Gasteiger partial charge in [0.25, 0.3) is 0 Å². The van der Waals surface area contributed by atoms with Gasteiger partial charge in [-0.15, -0.1) is 0 Å². The number of carboxylic acid groups (broad SMARTS) is 1. The van der Waals surface area contributed by atoms with Gasteiger partial charge in [0.1, 0.15) is 17.2 Å². The maximum absolute atomic E-state index is 12.3. The number of carboxylic acids is 1. The van der Waals surface area contributed by atoms with Gasteiger partial charge in [-0.1, -0.05) is 31.5 Å². The molecule has 1 aromatic heterocycles. The lowest BCUT2D eigenvalue weighted by atomic mass is 10.0. The zero-order valence-electron chi connectivity index (χ0n) is 13.2. The molecule has 3 N–H and O–H groups in total. The van der Waals surface area contributed by atoms with Crippen molar-refractivity contribution in [3.8, 4) is 0 Å². The number of halogens is 1. The predicted octanol–water partition coefficient (Wildman–Crippen LogP) is 1.01. The van der Waals surface area contributed by atoms with Crippen LogP contribution in [0.5, 0.6) is 0 Å². The van der Waals surface area contributed by atoms with Crippen LogP contribution in [0.25, 0.3) is 0 Å². The molecule has 7 nitrogen and oxygen atoms in total. The van der Waals surface area contributed by atoms with E-state index in [-0.39, 0.29) is 18.2 Å². The molecular formula is C15H20ClN3O4. The maximum atomic E-state index is 12.3. The van der Waals surface area contributed by atoms with E-state index in [1.54, 1.807) is 26.0 Å².